The zero-order valence-electron chi connectivity index (χ0n) is 7.30. The van der Waals surface area contributed by atoms with Crippen molar-refractivity contribution in [2.24, 2.45) is 0 Å². The number of halogens is 2. The molecule has 0 aromatic heterocycles. The summed E-state index contributed by atoms with van der Waals surface area (Å²) in [5.41, 5.74) is 0.959. The molecule has 1 aromatic carbocycles. The van der Waals surface area contributed by atoms with Crippen molar-refractivity contribution in [1.29, 1.82) is 0 Å². The molecule has 0 amide bonds. The van der Waals surface area contributed by atoms with Crippen molar-refractivity contribution >= 4 is 13.6 Å². The van der Waals surface area contributed by atoms with Crippen LogP contribution in [0.5, 0.6) is 0 Å². The van der Waals surface area contributed by atoms with Gasteiger partial charge in [-0.1, -0.05) is 0 Å². The van der Waals surface area contributed by atoms with Gasteiger partial charge in [-0.25, -0.2) is 4.39 Å². The summed E-state index contributed by atoms with van der Waals surface area (Å²) >= 11 is 4.25. The molecule has 0 saturated carbocycles. The van der Waals surface area contributed by atoms with Crippen LogP contribution in [0.2, 0.25) is 0 Å². The molecule has 0 N–H and O–H groups in total. The normalized spacial score (nSPS) is 8.92. The Hall–Kier alpha value is 0.213. The molecule has 0 unspecified atom stereocenters. The van der Waals surface area contributed by atoms with Crippen LogP contribution in [0.15, 0.2) is 24.3 Å². The molecule has 1 nitrogen and oxygen atoms in total. The standard InChI is InChI=1S/C9H10FO.BrH.Zn/c10-6-7-11-8-9-4-2-1-3-5-9;;/h1-4H,6-8H2;1H;/q-1;;+2/p-1. The summed E-state index contributed by atoms with van der Waals surface area (Å²) in [6.45, 7) is 0.195. The zero-order chi connectivity index (χ0) is 9.94. The molecule has 0 aliphatic carbocycles. The Bertz CT molecular complexity index is 196. The predicted octanol–water partition coefficient (Wildman–Crippen LogP) is 2.82. The monoisotopic (exact) mass is 296 g/mol. The fourth-order valence-electron chi connectivity index (χ4n) is 0.757. The van der Waals surface area contributed by atoms with Crippen LogP contribution in [0, 0.1) is 6.07 Å². The number of alkyl halides is 1. The van der Waals surface area contributed by atoms with Gasteiger partial charge in [-0.2, -0.15) is 30.3 Å². The van der Waals surface area contributed by atoms with Gasteiger partial charge in [0.2, 0.25) is 0 Å². The van der Waals surface area contributed by atoms with Gasteiger partial charge >= 0.3 is 30.0 Å². The number of hydrogen-bond donors (Lipinski definition) is 0. The van der Waals surface area contributed by atoms with Crippen LogP contribution in [0.4, 0.5) is 4.39 Å². The third-order valence-corrected chi connectivity index (χ3v) is 1.25. The maximum absolute atomic E-state index is 11.6. The third kappa shape index (κ3) is 7.30. The molecular weight excluding hydrogens is 288 g/mol. The van der Waals surface area contributed by atoms with E-state index in [-0.39, 0.29) is 6.61 Å². The van der Waals surface area contributed by atoms with Crippen molar-refractivity contribution in [3.63, 3.8) is 0 Å². The molecule has 0 heterocycles. The maximum atomic E-state index is 11.6. The molecule has 4 heteroatoms. The topological polar surface area (TPSA) is 9.23 Å². The summed E-state index contributed by atoms with van der Waals surface area (Å²) in [5.74, 6) is 0. The van der Waals surface area contributed by atoms with Crippen molar-refractivity contribution < 1.29 is 25.5 Å². The van der Waals surface area contributed by atoms with Gasteiger partial charge in [0.1, 0.15) is 6.67 Å². The number of rotatable bonds is 4. The molecule has 0 aliphatic heterocycles. The Morgan fingerprint density at radius 1 is 1.46 bits per heavy atom. The fraction of sp³-hybridized carbons (Fsp3) is 0.333. The van der Waals surface area contributed by atoms with Gasteiger partial charge in [-0.3, -0.25) is 0 Å². The van der Waals surface area contributed by atoms with E-state index in [9.17, 15) is 4.39 Å². The van der Waals surface area contributed by atoms with E-state index in [2.05, 4.69) is 19.7 Å². The molecule has 68 valence electrons. The predicted molar refractivity (Wildman–Crippen MR) is 49.8 cm³/mol. The van der Waals surface area contributed by atoms with Crippen LogP contribution in [-0.4, -0.2) is 13.3 Å². The Labute approximate surface area is 94.7 Å². The van der Waals surface area contributed by atoms with Crippen LogP contribution >= 0.6 is 13.6 Å². The summed E-state index contributed by atoms with van der Waals surface area (Å²) in [6, 6.07) is 10.5. The first kappa shape index (κ1) is 13.2. The number of benzene rings is 1. The van der Waals surface area contributed by atoms with Gasteiger partial charge in [-0.05, 0) is 0 Å². The molecule has 13 heavy (non-hydrogen) atoms. The first-order valence-electron chi connectivity index (χ1n) is 3.79. The molecular formula is C9H10BrFOZn. The molecule has 1 aromatic rings. The average Bonchev–Trinajstić information content (AvgIpc) is 2.23. The van der Waals surface area contributed by atoms with Crippen molar-refractivity contribution in [1.82, 2.24) is 0 Å². The molecule has 1 rings (SSSR count). The van der Waals surface area contributed by atoms with Gasteiger partial charge in [0.05, 0.1) is 6.61 Å². The van der Waals surface area contributed by atoms with E-state index in [1.807, 2.05) is 24.3 Å². The van der Waals surface area contributed by atoms with Gasteiger partial charge in [-0.15, -0.1) is 5.56 Å². The quantitative estimate of drug-likeness (QED) is 0.472. The number of hydrogen-bond acceptors (Lipinski definition) is 1. The van der Waals surface area contributed by atoms with Gasteiger partial charge < -0.3 is 4.74 Å². The van der Waals surface area contributed by atoms with Crippen molar-refractivity contribution in [3.05, 3.63) is 35.9 Å². The van der Waals surface area contributed by atoms with Gasteiger partial charge in [0.25, 0.3) is 0 Å². The van der Waals surface area contributed by atoms with Crippen molar-refractivity contribution in [2.75, 3.05) is 13.3 Å². The van der Waals surface area contributed by atoms with Crippen LogP contribution in [0.1, 0.15) is 5.56 Å². The second-order valence-corrected chi connectivity index (χ2v) is 2.13. The molecule has 0 bridgehead atoms. The summed E-state index contributed by atoms with van der Waals surface area (Å²) in [4.78, 5) is 0. The van der Waals surface area contributed by atoms with Gasteiger partial charge in [0.15, 0.2) is 0 Å². The minimum atomic E-state index is -0.424. The first-order valence-corrected chi connectivity index (χ1v) is 10.7. The Kier molecular flexibility index (Phi) is 10.5. The van der Waals surface area contributed by atoms with E-state index >= 15 is 0 Å². The SMILES string of the molecule is FCCOCc1[c-]cccc1.[Zn+][Br]. The van der Waals surface area contributed by atoms with Crippen LogP contribution in [0.3, 0.4) is 0 Å². The van der Waals surface area contributed by atoms with E-state index in [1.165, 1.54) is 16.3 Å². The fourth-order valence-corrected chi connectivity index (χ4v) is 0.757. The molecule has 0 atom stereocenters. The van der Waals surface area contributed by atoms with Crippen LogP contribution < -0.4 is 0 Å². The Morgan fingerprint density at radius 3 is 2.77 bits per heavy atom. The third-order valence-electron chi connectivity index (χ3n) is 1.25. The van der Waals surface area contributed by atoms with Crippen LogP contribution in [0.25, 0.3) is 0 Å². The molecule has 0 fully saturated rings. The molecule has 0 aliphatic rings. The first-order chi connectivity index (χ1) is 6.43. The van der Waals surface area contributed by atoms with E-state index in [1.54, 1.807) is 0 Å². The molecule has 0 saturated heterocycles. The summed E-state index contributed by atoms with van der Waals surface area (Å²) in [6.07, 6.45) is 0. The van der Waals surface area contributed by atoms with E-state index in [0.29, 0.717) is 6.61 Å². The summed E-state index contributed by atoms with van der Waals surface area (Å²) in [5, 5.41) is 0. The number of ether oxygens (including phenoxy) is 1. The zero-order valence-corrected chi connectivity index (χ0v) is 11.9. The van der Waals surface area contributed by atoms with Crippen LogP contribution in [-0.2, 0) is 27.7 Å². The van der Waals surface area contributed by atoms with Crippen molar-refractivity contribution in [2.45, 2.75) is 6.61 Å². The van der Waals surface area contributed by atoms with E-state index in [0.717, 1.165) is 5.56 Å². The summed E-state index contributed by atoms with van der Waals surface area (Å²) in [7, 11) is 0. The molecule has 0 radical (unpaired) electrons. The average molecular weight is 298 g/mol. The summed E-state index contributed by atoms with van der Waals surface area (Å²) < 4.78 is 16.5. The minimum absolute atomic E-state index is 0.169. The van der Waals surface area contributed by atoms with Crippen molar-refractivity contribution in [3.8, 4) is 0 Å². The Morgan fingerprint density at radius 2 is 2.23 bits per heavy atom. The van der Waals surface area contributed by atoms with Gasteiger partial charge in [0, 0.05) is 6.61 Å². The van der Waals surface area contributed by atoms with E-state index in [4.69, 9.17) is 4.74 Å². The Balaban J connectivity index is 0.000000671. The second kappa shape index (κ2) is 10.3. The molecule has 0 spiro atoms. The van der Waals surface area contributed by atoms with E-state index < -0.39 is 6.67 Å². The second-order valence-electron chi connectivity index (χ2n) is 2.13.